The van der Waals surface area contributed by atoms with Crippen LogP contribution in [0.5, 0.6) is 0 Å². The molecule has 5 nitrogen and oxygen atoms in total. The SMILES string of the molecule is O=c1cc(CN(Cc2ccco2)C2CC2)nc2ccc(Cl)cn12. The van der Waals surface area contributed by atoms with Gasteiger partial charge in [0.05, 0.1) is 23.5 Å². The molecule has 118 valence electrons. The number of hydrogen-bond acceptors (Lipinski definition) is 4. The maximum Gasteiger partial charge on any atom is 0.258 e. The van der Waals surface area contributed by atoms with E-state index in [9.17, 15) is 4.79 Å². The van der Waals surface area contributed by atoms with Crippen LogP contribution in [0.25, 0.3) is 5.65 Å². The van der Waals surface area contributed by atoms with Crippen molar-refractivity contribution in [2.75, 3.05) is 0 Å². The van der Waals surface area contributed by atoms with Crippen molar-refractivity contribution in [2.45, 2.75) is 32.0 Å². The molecule has 0 N–H and O–H groups in total. The molecule has 3 aromatic heterocycles. The number of fused-ring (bicyclic) bond motifs is 1. The minimum atomic E-state index is -0.110. The molecule has 0 saturated heterocycles. The monoisotopic (exact) mass is 329 g/mol. The van der Waals surface area contributed by atoms with Crippen molar-refractivity contribution in [1.29, 1.82) is 0 Å². The third-order valence-corrected chi connectivity index (χ3v) is 4.27. The molecule has 1 saturated carbocycles. The number of nitrogens with zero attached hydrogens (tertiary/aromatic N) is 3. The highest BCUT2D eigenvalue weighted by molar-refractivity contribution is 6.30. The number of rotatable bonds is 5. The topological polar surface area (TPSA) is 50.8 Å². The van der Waals surface area contributed by atoms with E-state index in [1.807, 2.05) is 12.1 Å². The van der Waals surface area contributed by atoms with Gasteiger partial charge >= 0.3 is 0 Å². The number of furan rings is 1. The fourth-order valence-electron chi connectivity index (χ4n) is 2.77. The van der Waals surface area contributed by atoms with Crippen molar-refractivity contribution in [1.82, 2.24) is 14.3 Å². The predicted octanol–water partition coefficient (Wildman–Crippen LogP) is 3.11. The van der Waals surface area contributed by atoms with Crippen molar-refractivity contribution in [3.63, 3.8) is 0 Å². The molecule has 0 atom stereocenters. The predicted molar refractivity (Wildman–Crippen MR) is 87.4 cm³/mol. The molecule has 0 aromatic carbocycles. The summed E-state index contributed by atoms with van der Waals surface area (Å²) in [5.41, 5.74) is 1.28. The third-order valence-electron chi connectivity index (χ3n) is 4.04. The van der Waals surface area contributed by atoms with Crippen LogP contribution in [-0.4, -0.2) is 20.3 Å². The molecule has 0 aliphatic heterocycles. The average molecular weight is 330 g/mol. The second-order valence-electron chi connectivity index (χ2n) is 5.88. The van der Waals surface area contributed by atoms with E-state index in [0.717, 1.165) is 18.0 Å². The van der Waals surface area contributed by atoms with Crippen molar-refractivity contribution in [3.05, 3.63) is 69.6 Å². The summed E-state index contributed by atoms with van der Waals surface area (Å²) >= 11 is 5.94. The van der Waals surface area contributed by atoms with Crippen LogP contribution in [-0.2, 0) is 13.1 Å². The highest BCUT2D eigenvalue weighted by Gasteiger charge is 2.30. The van der Waals surface area contributed by atoms with Gasteiger partial charge in [0.15, 0.2) is 0 Å². The van der Waals surface area contributed by atoms with Crippen LogP contribution in [0.3, 0.4) is 0 Å². The van der Waals surface area contributed by atoms with E-state index in [1.165, 1.54) is 17.2 Å². The second kappa shape index (κ2) is 5.83. The first-order chi connectivity index (χ1) is 11.2. The van der Waals surface area contributed by atoms with Crippen molar-refractivity contribution in [3.8, 4) is 0 Å². The molecule has 1 aliphatic rings. The quantitative estimate of drug-likeness (QED) is 0.721. The number of aromatic nitrogens is 2. The smallest absolute Gasteiger partial charge is 0.258 e. The van der Waals surface area contributed by atoms with Crippen LogP contribution in [0.4, 0.5) is 0 Å². The maximum atomic E-state index is 12.3. The van der Waals surface area contributed by atoms with Gasteiger partial charge in [-0.2, -0.15) is 0 Å². The van der Waals surface area contributed by atoms with Crippen molar-refractivity contribution < 1.29 is 4.42 Å². The van der Waals surface area contributed by atoms with Gasteiger partial charge in [-0.05, 0) is 37.1 Å². The Labute approximate surface area is 138 Å². The molecule has 6 heteroatoms. The molecular weight excluding hydrogens is 314 g/mol. The summed E-state index contributed by atoms with van der Waals surface area (Å²) in [7, 11) is 0. The zero-order valence-corrected chi connectivity index (χ0v) is 13.2. The average Bonchev–Trinajstić information content (AvgIpc) is 3.25. The molecule has 4 rings (SSSR count). The van der Waals surface area contributed by atoms with E-state index in [4.69, 9.17) is 16.0 Å². The molecule has 0 spiro atoms. The summed E-state index contributed by atoms with van der Waals surface area (Å²) in [5.74, 6) is 0.932. The lowest BCUT2D eigenvalue weighted by molar-refractivity contribution is 0.222. The Hall–Kier alpha value is -2.11. The Morgan fingerprint density at radius 1 is 1.30 bits per heavy atom. The van der Waals surface area contributed by atoms with Crippen molar-refractivity contribution >= 4 is 17.2 Å². The fourth-order valence-corrected chi connectivity index (χ4v) is 2.93. The second-order valence-corrected chi connectivity index (χ2v) is 6.31. The minimum Gasteiger partial charge on any atom is -0.468 e. The van der Waals surface area contributed by atoms with Gasteiger partial charge in [0.2, 0.25) is 0 Å². The Bertz CT molecular complexity index is 884. The van der Waals surface area contributed by atoms with Gasteiger partial charge in [-0.15, -0.1) is 0 Å². The molecule has 1 fully saturated rings. The van der Waals surface area contributed by atoms with Crippen LogP contribution in [0.1, 0.15) is 24.3 Å². The summed E-state index contributed by atoms with van der Waals surface area (Å²) in [5, 5.41) is 0.520. The summed E-state index contributed by atoms with van der Waals surface area (Å²) in [6.07, 6.45) is 5.65. The van der Waals surface area contributed by atoms with Gasteiger partial charge in [-0.3, -0.25) is 14.1 Å². The Balaban J connectivity index is 1.62. The van der Waals surface area contributed by atoms with E-state index < -0.39 is 0 Å². The van der Waals surface area contributed by atoms with Gasteiger partial charge in [-0.25, -0.2) is 4.98 Å². The maximum absolute atomic E-state index is 12.3. The van der Waals surface area contributed by atoms with Gasteiger partial charge in [0.1, 0.15) is 11.4 Å². The van der Waals surface area contributed by atoms with Crippen LogP contribution in [0, 0.1) is 0 Å². The van der Waals surface area contributed by atoms with Crippen LogP contribution < -0.4 is 5.56 Å². The highest BCUT2D eigenvalue weighted by Crippen LogP contribution is 2.29. The van der Waals surface area contributed by atoms with Gasteiger partial charge in [0, 0.05) is 24.8 Å². The molecule has 1 aliphatic carbocycles. The third kappa shape index (κ3) is 3.16. The highest BCUT2D eigenvalue weighted by atomic mass is 35.5. The van der Waals surface area contributed by atoms with Crippen LogP contribution in [0.15, 0.2) is 52.0 Å². The fraction of sp³-hybridized carbons (Fsp3) is 0.294. The van der Waals surface area contributed by atoms with Gasteiger partial charge < -0.3 is 4.42 Å². The zero-order chi connectivity index (χ0) is 15.8. The van der Waals surface area contributed by atoms with E-state index in [1.54, 1.807) is 30.7 Å². The Kier molecular flexibility index (Phi) is 3.67. The largest absolute Gasteiger partial charge is 0.468 e. The van der Waals surface area contributed by atoms with Gasteiger partial charge in [-0.1, -0.05) is 11.6 Å². The molecule has 3 aromatic rings. The first-order valence-electron chi connectivity index (χ1n) is 7.63. The summed E-state index contributed by atoms with van der Waals surface area (Å²) in [6, 6.07) is 9.51. The van der Waals surface area contributed by atoms with E-state index in [-0.39, 0.29) is 5.56 Å². The Morgan fingerprint density at radius 2 is 2.17 bits per heavy atom. The zero-order valence-electron chi connectivity index (χ0n) is 12.5. The van der Waals surface area contributed by atoms with Gasteiger partial charge in [0.25, 0.3) is 5.56 Å². The number of hydrogen-bond donors (Lipinski definition) is 0. The summed E-state index contributed by atoms with van der Waals surface area (Å²) < 4.78 is 6.92. The number of halogens is 1. The molecule has 0 bridgehead atoms. The lowest BCUT2D eigenvalue weighted by Crippen LogP contribution is -2.27. The molecule has 0 radical (unpaired) electrons. The van der Waals surface area contributed by atoms with Crippen LogP contribution >= 0.6 is 11.6 Å². The van der Waals surface area contributed by atoms with E-state index in [2.05, 4.69) is 9.88 Å². The lowest BCUT2D eigenvalue weighted by atomic mass is 10.3. The lowest BCUT2D eigenvalue weighted by Gasteiger charge is -2.20. The van der Waals surface area contributed by atoms with E-state index >= 15 is 0 Å². The molecule has 3 heterocycles. The van der Waals surface area contributed by atoms with Crippen molar-refractivity contribution in [2.24, 2.45) is 0 Å². The summed E-state index contributed by atoms with van der Waals surface area (Å²) in [4.78, 5) is 19.2. The molecular formula is C17H16ClN3O2. The molecule has 23 heavy (non-hydrogen) atoms. The molecule has 0 unspecified atom stereocenters. The standard InChI is InChI=1S/C17H16ClN3O2/c18-12-3-6-16-19-13(8-17(22)21(16)9-12)10-20(14-4-5-14)11-15-2-1-7-23-15/h1-3,6-9,14H,4-5,10-11H2. The Morgan fingerprint density at radius 3 is 2.91 bits per heavy atom. The summed E-state index contributed by atoms with van der Waals surface area (Å²) in [6.45, 7) is 1.37. The van der Waals surface area contributed by atoms with Crippen LogP contribution in [0.2, 0.25) is 5.02 Å². The first-order valence-corrected chi connectivity index (χ1v) is 8.01. The normalized spacial score (nSPS) is 14.7. The first kappa shape index (κ1) is 14.5. The minimum absolute atomic E-state index is 0.110. The number of pyridine rings is 1. The van der Waals surface area contributed by atoms with E-state index in [0.29, 0.717) is 23.3 Å². The molecule has 0 amide bonds.